The highest BCUT2D eigenvalue weighted by molar-refractivity contribution is 7.89. The topological polar surface area (TPSA) is 145 Å². The molecular formula is C22H29N5O6S. The van der Waals surface area contributed by atoms with Gasteiger partial charge in [0, 0.05) is 38.1 Å². The van der Waals surface area contributed by atoms with Crippen molar-refractivity contribution in [3.8, 4) is 0 Å². The number of amides is 2. The van der Waals surface area contributed by atoms with E-state index in [9.17, 15) is 28.3 Å². The Bertz CT molecular complexity index is 1230. The van der Waals surface area contributed by atoms with Crippen LogP contribution >= 0.6 is 0 Å². The van der Waals surface area contributed by atoms with Crippen molar-refractivity contribution in [2.24, 2.45) is 5.41 Å². The molecule has 0 aliphatic carbocycles. The molecule has 1 fully saturated rings. The van der Waals surface area contributed by atoms with Crippen LogP contribution in [0, 0.1) is 5.41 Å². The number of likely N-dealkylation sites (tertiary alicyclic amines) is 1. The third kappa shape index (κ3) is 4.52. The molecule has 0 unspecified atom stereocenters. The first-order chi connectivity index (χ1) is 16.2. The number of nitrogens with zero attached hydrogens (tertiary/aromatic N) is 4. The molecule has 2 aromatic rings. The highest BCUT2D eigenvalue weighted by Gasteiger charge is 2.47. The van der Waals surface area contributed by atoms with Gasteiger partial charge in [-0.15, -0.1) is 0 Å². The van der Waals surface area contributed by atoms with Crippen molar-refractivity contribution >= 4 is 38.5 Å². The number of nitrogens with one attached hydrogen (secondary N) is 1. The molecule has 1 saturated heterocycles. The second kappa shape index (κ2) is 9.35. The molecule has 4 rings (SSSR count). The third-order valence-corrected chi connectivity index (χ3v) is 8.95. The maximum atomic E-state index is 13.3. The van der Waals surface area contributed by atoms with Crippen LogP contribution in [-0.2, 0) is 21.4 Å². The quantitative estimate of drug-likeness (QED) is 0.412. The Morgan fingerprint density at radius 1 is 1.21 bits per heavy atom. The van der Waals surface area contributed by atoms with Crippen molar-refractivity contribution in [3.05, 3.63) is 36.0 Å². The van der Waals surface area contributed by atoms with Crippen LogP contribution in [0.15, 0.2) is 30.5 Å². The molecule has 0 atom stereocenters. The smallest absolute Gasteiger partial charge is 0.407 e. The van der Waals surface area contributed by atoms with E-state index in [1.54, 1.807) is 5.48 Å². The molecule has 3 heterocycles. The summed E-state index contributed by atoms with van der Waals surface area (Å²) >= 11 is 0. The van der Waals surface area contributed by atoms with Gasteiger partial charge in [0.2, 0.25) is 10.0 Å². The first-order valence-electron chi connectivity index (χ1n) is 11.2. The first kappa shape index (κ1) is 24.2. The lowest BCUT2D eigenvalue weighted by molar-refractivity contribution is -0.141. The van der Waals surface area contributed by atoms with Gasteiger partial charge in [-0.3, -0.25) is 14.7 Å². The minimum atomic E-state index is -3.84. The van der Waals surface area contributed by atoms with Crippen LogP contribution in [0.3, 0.4) is 0 Å². The number of benzene rings is 1. The Morgan fingerprint density at radius 3 is 2.53 bits per heavy atom. The molecule has 2 aliphatic rings. The lowest BCUT2D eigenvalue weighted by Gasteiger charge is -2.40. The highest BCUT2D eigenvalue weighted by Crippen LogP contribution is 2.35. The molecule has 184 valence electrons. The largest absolute Gasteiger partial charge is 0.465 e. The van der Waals surface area contributed by atoms with Crippen LogP contribution in [0.5, 0.6) is 0 Å². The molecule has 0 radical (unpaired) electrons. The number of rotatable bonds is 6. The molecule has 2 amide bonds. The maximum absolute atomic E-state index is 13.3. The van der Waals surface area contributed by atoms with E-state index >= 15 is 0 Å². The number of carbonyl (C=O) groups is 2. The van der Waals surface area contributed by atoms with E-state index in [2.05, 4.69) is 11.2 Å². The molecule has 12 heteroatoms. The number of aryl methyl sites for hydroxylation is 1. The summed E-state index contributed by atoms with van der Waals surface area (Å²) in [4.78, 5) is 24.8. The van der Waals surface area contributed by atoms with E-state index in [0.29, 0.717) is 6.42 Å². The van der Waals surface area contributed by atoms with Gasteiger partial charge in [-0.2, -0.15) is 9.40 Å². The molecular weight excluding hydrogens is 462 g/mol. The maximum Gasteiger partial charge on any atom is 0.407 e. The van der Waals surface area contributed by atoms with E-state index < -0.39 is 33.2 Å². The third-order valence-electron chi connectivity index (χ3n) is 6.91. The molecule has 0 spiro atoms. The van der Waals surface area contributed by atoms with Crippen molar-refractivity contribution in [1.82, 2.24) is 24.5 Å². The standard InChI is InChI=1S/C22H29N5O6S/c1-2-27-19-13-17(3-4-18(19)14-23-27)16-5-9-26(10-6-16)34(32,33)15-22(20(28)24-31)7-11-25(12-8-22)21(29)30/h3-5,13-14,31H,2,6-12,15H2,1H3,(H,24,28)(H,29,30). The Hall–Kier alpha value is -2.96. The molecule has 1 aromatic heterocycles. The van der Waals surface area contributed by atoms with E-state index in [1.807, 2.05) is 36.0 Å². The van der Waals surface area contributed by atoms with Crippen molar-refractivity contribution in [2.45, 2.75) is 32.7 Å². The summed E-state index contributed by atoms with van der Waals surface area (Å²) < 4.78 is 29.8. The second-order valence-electron chi connectivity index (χ2n) is 8.82. The predicted molar refractivity (Wildman–Crippen MR) is 125 cm³/mol. The van der Waals surface area contributed by atoms with Gasteiger partial charge in [0.25, 0.3) is 5.91 Å². The number of hydrogen-bond donors (Lipinski definition) is 3. The molecule has 3 N–H and O–H groups in total. The molecule has 34 heavy (non-hydrogen) atoms. The molecule has 1 aromatic carbocycles. The average molecular weight is 492 g/mol. The highest BCUT2D eigenvalue weighted by atomic mass is 32.2. The monoisotopic (exact) mass is 491 g/mol. The van der Waals surface area contributed by atoms with Crippen molar-refractivity contribution < 1.29 is 28.3 Å². The van der Waals surface area contributed by atoms with Gasteiger partial charge in [-0.25, -0.2) is 18.7 Å². The van der Waals surface area contributed by atoms with Crippen LogP contribution in [0.4, 0.5) is 4.79 Å². The van der Waals surface area contributed by atoms with Crippen molar-refractivity contribution in [1.29, 1.82) is 0 Å². The van der Waals surface area contributed by atoms with Crippen LogP contribution < -0.4 is 5.48 Å². The predicted octanol–water partition coefficient (Wildman–Crippen LogP) is 1.74. The zero-order valence-corrected chi connectivity index (χ0v) is 19.8. The van der Waals surface area contributed by atoms with E-state index in [0.717, 1.165) is 33.5 Å². The van der Waals surface area contributed by atoms with Crippen molar-refractivity contribution in [2.75, 3.05) is 31.9 Å². The number of sulfonamides is 1. The lowest BCUT2D eigenvalue weighted by Crippen LogP contribution is -2.54. The summed E-state index contributed by atoms with van der Waals surface area (Å²) in [5, 5.41) is 23.8. The zero-order chi connectivity index (χ0) is 24.5. The summed E-state index contributed by atoms with van der Waals surface area (Å²) in [6.07, 6.45) is 3.16. The fourth-order valence-corrected chi connectivity index (χ4v) is 6.78. The number of carbonyl (C=O) groups excluding carboxylic acids is 1. The Balaban J connectivity index is 1.50. The molecule has 0 saturated carbocycles. The summed E-state index contributed by atoms with van der Waals surface area (Å²) in [7, 11) is -3.84. The number of fused-ring (bicyclic) bond motifs is 1. The van der Waals surface area contributed by atoms with E-state index in [1.165, 1.54) is 4.31 Å². The number of aromatic nitrogens is 2. The summed E-state index contributed by atoms with van der Waals surface area (Å²) in [6, 6.07) is 6.09. The summed E-state index contributed by atoms with van der Waals surface area (Å²) in [5.74, 6) is -1.28. The number of hydroxylamine groups is 1. The van der Waals surface area contributed by atoms with Gasteiger partial charge in [-0.05, 0) is 43.4 Å². The van der Waals surface area contributed by atoms with Crippen molar-refractivity contribution in [3.63, 3.8) is 0 Å². The molecule has 2 aliphatic heterocycles. The number of carboxylic acid groups (broad SMARTS) is 1. The fraction of sp³-hybridized carbons (Fsp3) is 0.500. The van der Waals surface area contributed by atoms with Crippen LogP contribution in [0.25, 0.3) is 16.5 Å². The fourth-order valence-electron chi connectivity index (χ4n) is 4.81. The van der Waals surface area contributed by atoms with Gasteiger partial charge in [-0.1, -0.05) is 18.2 Å². The summed E-state index contributed by atoms with van der Waals surface area (Å²) in [5.41, 5.74) is 3.31. The lowest BCUT2D eigenvalue weighted by atomic mass is 9.79. The van der Waals surface area contributed by atoms with Gasteiger partial charge < -0.3 is 10.0 Å². The Labute approximate surface area is 197 Å². The normalized spacial score (nSPS) is 19.1. The van der Waals surface area contributed by atoms with Crippen LogP contribution in [-0.4, -0.2) is 81.6 Å². The van der Waals surface area contributed by atoms with Crippen LogP contribution in [0.2, 0.25) is 0 Å². The Kier molecular flexibility index (Phi) is 6.65. The second-order valence-corrected chi connectivity index (χ2v) is 10.8. The number of piperidine rings is 1. The van der Waals surface area contributed by atoms with Gasteiger partial charge in [0.15, 0.2) is 0 Å². The van der Waals surface area contributed by atoms with Gasteiger partial charge >= 0.3 is 6.09 Å². The SMILES string of the molecule is CCn1ncc2ccc(C3=CCN(S(=O)(=O)CC4(C(=O)NO)CCN(C(=O)O)CC4)CC3)cc21. The first-order valence-corrected chi connectivity index (χ1v) is 12.9. The van der Waals surface area contributed by atoms with Gasteiger partial charge in [0.05, 0.1) is 22.9 Å². The average Bonchev–Trinajstić information content (AvgIpc) is 3.26. The number of hydrogen-bond acceptors (Lipinski definition) is 6. The Morgan fingerprint density at radius 2 is 1.94 bits per heavy atom. The minimum absolute atomic E-state index is 0.0188. The van der Waals surface area contributed by atoms with E-state index in [-0.39, 0.29) is 39.0 Å². The van der Waals surface area contributed by atoms with Gasteiger partial charge in [0.1, 0.15) is 0 Å². The van der Waals surface area contributed by atoms with E-state index in [4.69, 9.17) is 0 Å². The minimum Gasteiger partial charge on any atom is -0.465 e. The molecule has 0 bridgehead atoms. The van der Waals surface area contributed by atoms with Crippen LogP contribution in [0.1, 0.15) is 31.7 Å². The molecule has 11 nitrogen and oxygen atoms in total. The summed E-state index contributed by atoms with van der Waals surface area (Å²) in [6.45, 7) is 3.29. The zero-order valence-electron chi connectivity index (χ0n) is 19.0.